The van der Waals surface area contributed by atoms with E-state index in [9.17, 15) is 0 Å². The first-order chi connectivity index (χ1) is 15.3. The van der Waals surface area contributed by atoms with Crippen LogP contribution in [0.3, 0.4) is 0 Å². The maximum absolute atomic E-state index is 5.63. The molecule has 0 amide bonds. The first kappa shape index (κ1) is 25.3. The van der Waals surface area contributed by atoms with Crippen molar-refractivity contribution in [3.63, 3.8) is 0 Å². The highest BCUT2D eigenvalue weighted by atomic mass is 127. The fraction of sp³-hybridized carbons (Fsp3) is 0.250. The van der Waals surface area contributed by atoms with Gasteiger partial charge in [-0.2, -0.15) is 0 Å². The molecular weight excluding hydrogens is 519 g/mol. The van der Waals surface area contributed by atoms with E-state index in [1.54, 1.807) is 20.4 Å². The van der Waals surface area contributed by atoms with Crippen LogP contribution in [-0.2, 0) is 13.1 Å². The lowest BCUT2D eigenvalue weighted by atomic mass is 10.2. The molecule has 170 valence electrons. The molecule has 32 heavy (non-hydrogen) atoms. The van der Waals surface area contributed by atoms with Gasteiger partial charge in [0.1, 0.15) is 24.7 Å². The first-order valence-electron chi connectivity index (χ1n) is 10.1. The van der Waals surface area contributed by atoms with E-state index in [-0.39, 0.29) is 24.0 Å². The van der Waals surface area contributed by atoms with Gasteiger partial charge in [0.2, 0.25) is 5.88 Å². The number of rotatable bonds is 10. The van der Waals surface area contributed by atoms with E-state index < -0.39 is 0 Å². The number of pyridine rings is 1. The number of hydrogen-bond donors (Lipinski definition) is 2. The summed E-state index contributed by atoms with van der Waals surface area (Å²) in [6.45, 7) is 2.17. The Balaban J connectivity index is 0.00000363. The van der Waals surface area contributed by atoms with Crippen LogP contribution in [0.25, 0.3) is 0 Å². The minimum absolute atomic E-state index is 0. The summed E-state index contributed by atoms with van der Waals surface area (Å²) in [6.07, 6.45) is 1.79. The summed E-state index contributed by atoms with van der Waals surface area (Å²) in [7, 11) is 3.41. The zero-order chi connectivity index (χ0) is 21.7. The topological polar surface area (TPSA) is 77.0 Å². The maximum atomic E-state index is 5.63. The van der Waals surface area contributed by atoms with Gasteiger partial charge in [0, 0.05) is 32.4 Å². The second-order valence-electron chi connectivity index (χ2n) is 6.64. The molecule has 7 nitrogen and oxygen atoms in total. The van der Waals surface area contributed by atoms with Crippen molar-refractivity contribution in [3.05, 3.63) is 84.1 Å². The van der Waals surface area contributed by atoms with Gasteiger partial charge in [-0.15, -0.1) is 24.0 Å². The van der Waals surface area contributed by atoms with Gasteiger partial charge in [0.25, 0.3) is 0 Å². The van der Waals surface area contributed by atoms with Gasteiger partial charge in [-0.1, -0.05) is 36.4 Å². The van der Waals surface area contributed by atoms with Gasteiger partial charge in [-0.05, 0) is 35.4 Å². The van der Waals surface area contributed by atoms with Gasteiger partial charge in [-0.25, -0.2) is 4.98 Å². The molecule has 1 heterocycles. The number of aromatic nitrogens is 1. The molecule has 0 bridgehead atoms. The lowest BCUT2D eigenvalue weighted by molar-refractivity contribution is 0.212. The van der Waals surface area contributed by atoms with E-state index in [1.165, 1.54) is 0 Å². The quantitative estimate of drug-likeness (QED) is 0.173. The summed E-state index contributed by atoms with van der Waals surface area (Å²) in [5.74, 6) is 2.96. The van der Waals surface area contributed by atoms with E-state index in [0.717, 1.165) is 22.6 Å². The van der Waals surface area contributed by atoms with E-state index in [1.807, 2.05) is 66.7 Å². The number of guanidine groups is 1. The lowest BCUT2D eigenvalue weighted by Crippen LogP contribution is -2.36. The third-order valence-corrected chi connectivity index (χ3v) is 4.45. The Labute approximate surface area is 206 Å². The molecule has 0 fully saturated rings. The van der Waals surface area contributed by atoms with Crippen LogP contribution in [0.4, 0.5) is 0 Å². The Bertz CT molecular complexity index is 936. The van der Waals surface area contributed by atoms with Crippen molar-refractivity contribution < 1.29 is 14.2 Å². The summed E-state index contributed by atoms with van der Waals surface area (Å²) < 4.78 is 16.4. The van der Waals surface area contributed by atoms with Crippen LogP contribution >= 0.6 is 24.0 Å². The average Bonchev–Trinajstić information content (AvgIpc) is 2.84. The summed E-state index contributed by atoms with van der Waals surface area (Å²) in [5, 5.41) is 6.57. The van der Waals surface area contributed by atoms with Crippen LogP contribution in [0.5, 0.6) is 17.4 Å². The monoisotopic (exact) mass is 548 g/mol. The van der Waals surface area contributed by atoms with Gasteiger partial charge in [-0.3, -0.25) is 4.99 Å². The van der Waals surface area contributed by atoms with Crippen LogP contribution < -0.4 is 24.8 Å². The van der Waals surface area contributed by atoms with Crippen LogP contribution in [0.2, 0.25) is 0 Å². The standard InChI is InChI=1S/C24H28N4O3.HI/c1-25-24(27-16-19-8-11-21(29-2)12-9-19)28-18-20-10-13-23(26-17-20)31-15-14-30-22-6-4-3-5-7-22;/h3-13,17H,14-16,18H2,1-2H3,(H2,25,27,28);1H. The van der Waals surface area contributed by atoms with Crippen LogP contribution in [0, 0.1) is 0 Å². The lowest BCUT2D eigenvalue weighted by Gasteiger charge is -2.12. The van der Waals surface area contributed by atoms with Crippen molar-refractivity contribution in [1.82, 2.24) is 15.6 Å². The van der Waals surface area contributed by atoms with E-state index >= 15 is 0 Å². The van der Waals surface area contributed by atoms with Crippen LogP contribution in [0.15, 0.2) is 77.9 Å². The van der Waals surface area contributed by atoms with Gasteiger partial charge in [0.15, 0.2) is 5.96 Å². The maximum Gasteiger partial charge on any atom is 0.213 e. The molecule has 0 atom stereocenters. The molecule has 0 spiro atoms. The minimum atomic E-state index is 0. The molecule has 0 radical (unpaired) electrons. The highest BCUT2D eigenvalue weighted by Crippen LogP contribution is 2.11. The van der Waals surface area contributed by atoms with Gasteiger partial charge >= 0.3 is 0 Å². The molecule has 0 unspecified atom stereocenters. The van der Waals surface area contributed by atoms with Crippen molar-refractivity contribution in [2.75, 3.05) is 27.4 Å². The van der Waals surface area contributed by atoms with E-state index in [2.05, 4.69) is 20.6 Å². The molecule has 2 N–H and O–H groups in total. The second-order valence-corrected chi connectivity index (χ2v) is 6.64. The Morgan fingerprint density at radius 2 is 1.47 bits per heavy atom. The minimum Gasteiger partial charge on any atom is -0.497 e. The van der Waals surface area contributed by atoms with Crippen molar-refractivity contribution >= 4 is 29.9 Å². The number of para-hydroxylation sites is 1. The Hall–Kier alpha value is -3.01. The number of methoxy groups -OCH3 is 1. The number of nitrogens with zero attached hydrogens (tertiary/aromatic N) is 2. The molecule has 0 aliphatic carbocycles. The molecule has 0 saturated carbocycles. The van der Waals surface area contributed by atoms with Crippen LogP contribution in [0.1, 0.15) is 11.1 Å². The highest BCUT2D eigenvalue weighted by Gasteiger charge is 2.02. The molecule has 1 aromatic heterocycles. The van der Waals surface area contributed by atoms with Crippen molar-refractivity contribution in [2.24, 2.45) is 4.99 Å². The number of nitrogens with one attached hydrogen (secondary N) is 2. The average molecular weight is 548 g/mol. The smallest absolute Gasteiger partial charge is 0.213 e. The number of ether oxygens (including phenoxy) is 3. The molecule has 2 aromatic carbocycles. The third-order valence-electron chi connectivity index (χ3n) is 4.45. The summed E-state index contributed by atoms with van der Waals surface area (Å²) in [6, 6.07) is 21.4. The van der Waals surface area contributed by atoms with E-state index in [0.29, 0.717) is 38.1 Å². The van der Waals surface area contributed by atoms with Crippen molar-refractivity contribution in [2.45, 2.75) is 13.1 Å². The normalized spacial score (nSPS) is 10.6. The summed E-state index contributed by atoms with van der Waals surface area (Å²) >= 11 is 0. The highest BCUT2D eigenvalue weighted by molar-refractivity contribution is 14.0. The largest absolute Gasteiger partial charge is 0.497 e. The molecule has 8 heteroatoms. The fourth-order valence-corrected chi connectivity index (χ4v) is 2.76. The van der Waals surface area contributed by atoms with Gasteiger partial charge in [0.05, 0.1) is 7.11 Å². The Morgan fingerprint density at radius 1 is 0.812 bits per heavy atom. The van der Waals surface area contributed by atoms with Gasteiger partial charge < -0.3 is 24.8 Å². The molecular formula is C24H29IN4O3. The first-order valence-corrected chi connectivity index (χ1v) is 10.1. The fourth-order valence-electron chi connectivity index (χ4n) is 2.76. The third kappa shape index (κ3) is 8.62. The zero-order valence-corrected chi connectivity index (χ0v) is 20.6. The zero-order valence-electron chi connectivity index (χ0n) is 18.3. The molecule has 3 rings (SSSR count). The Kier molecular flexibility index (Phi) is 11.1. The molecule has 3 aromatic rings. The van der Waals surface area contributed by atoms with E-state index in [4.69, 9.17) is 14.2 Å². The SMILES string of the molecule is CN=C(NCc1ccc(OC)cc1)NCc1ccc(OCCOc2ccccc2)nc1.I. The number of aliphatic imine (C=N–C) groups is 1. The number of hydrogen-bond acceptors (Lipinski definition) is 5. The second kappa shape index (κ2) is 14.1. The summed E-state index contributed by atoms with van der Waals surface area (Å²) in [5.41, 5.74) is 2.17. The predicted octanol–water partition coefficient (Wildman–Crippen LogP) is 4.03. The summed E-state index contributed by atoms with van der Waals surface area (Å²) in [4.78, 5) is 8.60. The number of halogens is 1. The Morgan fingerprint density at radius 3 is 2.09 bits per heavy atom. The molecule has 0 aliphatic rings. The molecule has 0 saturated heterocycles. The van der Waals surface area contributed by atoms with Crippen LogP contribution in [-0.4, -0.2) is 38.3 Å². The van der Waals surface area contributed by atoms with Crippen molar-refractivity contribution in [1.29, 1.82) is 0 Å². The molecule has 0 aliphatic heterocycles. The van der Waals surface area contributed by atoms with Crippen molar-refractivity contribution in [3.8, 4) is 17.4 Å². The number of benzene rings is 2. The predicted molar refractivity (Wildman–Crippen MR) is 137 cm³/mol.